The number of rotatable bonds is 7. The molecule has 0 aliphatic rings. The summed E-state index contributed by atoms with van der Waals surface area (Å²) in [7, 11) is 4.27. The monoisotopic (exact) mass is 240 g/mol. The van der Waals surface area contributed by atoms with Crippen LogP contribution in [0.15, 0.2) is 11.4 Å². The Morgan fingerprint density at radius 2 is 2.19 bits per heavy atom. The van der Waals surface area contributed by atoms with E-state index < -0.39 is 0 Å². The molecule has 1 aromatic heterocycles. The van der Waals surface area contributed by atoms with Crippen LogP contribution in [0.1, 0.15) is 36.2 Å². The van der Waals surface area contributed by atoms with E-state index in [0.717, 1.165) is 13.1 Å². The zero-order chi connectivity index (χ0) is 12.0. The largest absolute Gasteiger partial charge is 0.310 e. The van der Waals surface area contributed by atoms with Gasteiger partial charge in [0.1, 0.15) is 0 Å². The van der Waals surface area contributed by atoms with Crippen LogP contribution >= 0.6 is 11.3 Å². The summed E-state index contributed by atoms with van der Waals surface area (Å²) in [5, 5.41) is 5.84. The van der Waals surface area contributed by atoms with E-state index in [4.69, 9.17) is 0 Å². The van der Waals surface area contributed by atoms with Crippen molar-refractivity contribution in [2.45, 2.75) is 32.7 Å². The van der Waals surface area contributed by atoms with Crippen LogP contribution in [-0.4, -0.2) is 32.1 Å². The molecule has 0 amide bonds. The SMILES string of the molecule is CCCNC(CCN(C)C)c1ccsc1C. The highest BCUT2D eigenvalue weighted by Gasteiger charge is 2.13. The minimum Gasteiger partial charge on any atom is -0.310 e. The second-order valence-electron chi connectivity index (χ2n) is 4.53. The molecule has 1 unspecified atom stereocenters. The third-order valence-electron chi connectivity index (χ3n) is 2.78. The van der Waals surface area contributed by atoms with Crippen molar-refractivity contribution in [3.63, 3.8) is 0 Å². The Hall–Kier alpha value is -0.380. The third-order valence-corrected chi connectivity index (χ3v) is 3.64. The lowest BCUT2D eigenvalue weighted by atomic mass is 10.0. The van der Waals surface area contributed by atoms with Crippen molar-refractivity contribution >= 4 is 11.3 Å². The van der Waals surface area contributed by atoms with Gasteiger partial charge in [-0.25, -0.2) is 0 Å². The molecule has 0 fully saturated rings. The third kappa shape index (κ3) is 4.24. The molecule has 0 bridgehead atoms. The summed E-state index contributed by atoms with van der Waals surface area (Å²) in [6.07, 6.45) is 2.38. The summed E-state index contributed by atoms with van der Waals surface area (Å²) in [6.45, 7) is 6.68. The van der Waals surface area contributed by atoms with E-state index in [-0.39, 0.29) is 0 Å². The van der Waals surface area contributed by atoms with Crippen LogP contribution in [0.4, 0.5) is 0 Å². The molecule has 3 heteroatoms. The predicted octanol–water partition coefficient (Wildman–Crippen LogP) is 3.05. The molecule has 1 rings (SSSR count). The lowest BCUT2D eigenvalue weighted by molar-refractivity contribution is 0.361. The molecule has 0 saturated heterocycles. The molecule has 0 aliphatic heterocycles. The van der Waals surface area contributed by atoms with Gasteiger partial charge in [-0.3, -0.25) is 0 Å². The van der Waals surface area contributed by atoms with Gasteiger partial charge in [0.15, 0.2) is 0 Å². The van der Waals surface area contributed by atoms with E-state index in [9.17, 15) is 0 Å². The van der Waals surface area contributed by atoms with Crippen LogP contribution in [0.2, 0.25) is 0 Å². The molecule has 0 spiro atoms. The van der Waals surface area contributed by atoms with Crippen molar-refractivity contribution in [3.8, 4) is 0 Å². The number of thiophene rings is 1. The number of hydrogen-bond acceptors (Lipinski definition) is 3. The van der Waals surface area contributed by atoms with Crippen molar-refractivity contribution < 1.29 is 0 Å². The van der Waals surface area contributed by atoms with Gasteiger partial charge in [0.05, 0.1) is 0 Å². The first-order chi connectivity index (χ1) is 7.65. The van der Waals surface area contributed by atoms with Crippen LogP contribution in [0, 0.1) is 6.92 Å². The molecule has 1 aromatic rings. The van der Waals surface area contributed by atoms with Gasteiger partial charge in [-0.2, -0.15) is 0 Å². The Morgan fingerprint density at radius 1 is 1.44 bits per heavy atom. The lowest BCUT2D eigenvalue weighted by Gasteiger charge is -2.20. The Balaban J connectivity index is 2.60. The second kappa shape index (κ2) is 7.05. The maximum Gasteiger partial charge on any atom is 0.0343 e. The second-order valence-corrected chi connectivity index (χ2v) is 5.65. The first-order valence-electron chi connectivity index (χ1n) is 6.07. The zero-order valence-electron chi connectivity index (χ0n) is 10.9. The van der Waals surface area contributed by atoms with Gasteiger partial charge < -0.3 is 10.2 Å². The highest BCUT2D eigenvalue weighted by Crippen LogP contribution is 2.25. The lowest BCUT2D eigenvalue weighted by Crippen LogP contribution is -2.26. The van der Waals surface area contributed by atoms with Gasteiger partial charge >= 0.3 is 0 Å². The van der Waals surface area contributed by atoms with Gasteiger partial charge in [0, 0.05) is 10.9 Å². The summed E-state index contributed by atoms with van der Waals surface area (Å²) in [6, 6.07) is 2.79. The molecule has 0 aromatic carbocycles. The van der Waals surface area contributed by atoms with E-state index >= 15 is 0 Å². The van der Waals surface area contributed by atoms with E-state index in [2.05, 4.69) is 49.6 Å². The normalized spacial score (nSPS) is 13.3. The number of nitrogens with zero attached hydrogens (tertiary/aromatic N) is 1. The fourth-order valence-corrected chi connectivity index (χ4v) is 2.59. The quantitative estimate of drug-likeness (QED) is 0.788. The maximum absolute atomic E-state index is 3.65. The Labute approximate surface area is 104 Å². The zero-order valence-corrected chi connectivity index (χ0v) is 11.7. The minimum absolute atomic E-state index is 0.522. The van der Waals surface area contributed by atoms with Crippen LogP contribution in [-0.2, 0) is 0 Å². The van der Waals surface area contributed by atoms with Crippen LogP contribution in [0.25, 0.3) is 0 Å². The summed E-state index contributed by atoms with van der Waals surface area (Å²) >= 11 is 1.85. The average Bonchev–Trinajstić information content (AvgIpc) is 2.65. The number of aryl methyl sites for hydroxylation is 1. The summed E-state index contributed by atoms with van der Waals surface area (Å²) in [4.78, 5) is 3.70. The van der Waals surface area contributed by atoms with Crippen LogP contribution < -0.4 is 5.32 Å². The fourth-order valence-electron chi connectivity index (χ4n) is 1.83. The van der Waals surface area contributed by atoms with Gasteiger partial charge in [0.2, 0.25) is 0 Å². The Morgan fingerprint density at radius 3 is 2.69 bits per heavy atom. The first kappa shape index (κ1) is 13.7. The summed E-state index contributed by atoms with van der Waals surface area (Å²) in [5.41, 5.74) is 1.49. The number of hydrogen-bond donors (Lipinski definition) is 1. The minimum atomic E-state index is 0.522. The molecule has 16 heavy (non-hydrogen) atoms. The van der Waals surface area contributed by atoms with Crippen molar-refractivity contribution in [2.75, 3.05) is 27.2 Å². The molecule has 1 atom stereocenters. The fraction of sp³-hybridized carbons (Fsp3) is 0.692. The maximum atomic E-state index is 3.65. The van der Waals surface area contributed by atoms with Gasteiger partial charge in [-0.1, -0.05) is 6.92 Å². The molecular formula is C13H24N2S. The van der Waals surface area contributed by atoms with E-state index in [0.29, 0.717) is 6.04 Å². The molecule has 0 saturated carbocycles. The van der Waals surface area contributed by atoms with Crippen LogP contribution in [0.3, 0.4) is 0 Å². The van der Waals surface area contributed by atoms with Gasteiger partial charge in [-0.05, 0) is 64.0 Å². The Bertz CT molecular complexity index is 294. The average molecular weight is 240 g/mol. The van der Waals surface area contributed by atoms with Gasteiger partial charge in [0.25, 0.3) is 0 Å². The van der Waals surface area contributed by atoms with Crippen LogP contribution in [0.5, 0.6) is 0 Å². The topological polar surface area (TPSA) is 15.3 Å². The van der Waals surface area contributed by atoms with Gasteiger partial charge in [-0.15, -0.1) is 11.3 Å². The highest BCUT2D eigenvalue weighted by atomic mass is 32.1. The van der Waals surface area contributed by atoms with E-state index in [1.54, 1.807) is 0 Å². The molecule has 0 radical (unpaired) electrons. The molecule has 2 nitrogen and oxygen atoms in total. The van der Waals surface area contributed by atoms with Crippen molar-refractivity contribution in [3.05, 3.63) is 21.9 Å². The first-order valence-corrected chi connectivity index (χ1v) is 6.95. The molecule has 92 valence electrons. The molecule has 1 heterocycles. The smallest absolute Gasteiger partial charge is 0.0343 e. The van der Waals surface area contributed by atoms with E-state index in [1.807, 2.05) is 11.3 Å². The van der Waals surface area contributed by atoms with Crippen molar-refractivity contribution in [2.24, 2.45) is 0 Å². The molecular weight excluding hydrogens is 216 g/mol. The Kier molecular flexibility index (Phi) is 6.03. The van der Waals surface area contributed by atoms with Crippen molar-refractivity contribution in [1.82, 2.24) is 10.2 Å². The highest BCUT2D eigenvalue weighted by molar-refractivity contribution is 7.10. The number of nitrogens with one attached hydrogen (secondary N) is 1. The standard InChI is InChI=1S/C13H24N2S/c1-5-8-14-13(6-9-15(3)4)12-7-10-16-11(12)2/h7,10,13-14H,5-6,8-9H2,1-4H3. The predicted molar refractivity (Wildman–Crippen MR) is 73.3 cm³/mol. The summed E-state index contributed by atoms with van der Waals surface area (Å²) < 4.78 is 0. The van der Waals surface area contributed by atoms with Crippen molar-refractivity contribution in [1.29, 1.82) is 0 Å². The molecule has 1 N–H and O–H groups in total. The molecule has 0 aliphatic carbocycles. The van der Waals surface area contributed by atoms with E-state index in [1.165, 1.54) is 23.3 Å². The summed E-state index contributed by atoms with van der Waals surface area (Å²) in [5.74, 6) is 0.